The molecule has 0 fully saturated rings. The number of hydrogen-bond donors (Lipinski definition) is 1. The van der Waals surface area contributed by atoms with Gasteiger partial charge in [0.05, 0.1) is 17.2 Å². The molecule has 2 aromatic rings. The Morgan fingerprint density at radius 3 is 2.64 bits per heavy atom. The summed E-state index contributed by atoms with van der Waals surface area (Å²) in [5.41, 5.74) is 5.32. The van der Waals surface area contributed by atoms with E-state index < -0.39 is 41.4 Å². The van der Waals surface area contributed by atoms with Crippen LogP contribution in [0.5, 0.6) is 5.88 Å². The Morgan fingerprint density at radius 2 is 2.04 bits per heavy atom. The quantitative estimate of drug-likeness (QED) is 0.374. The summed E-state index contributed by atoms with van der Waals surface area (Å²) in [7, 11) is 0. The molecule has 2 heterocycles. The Kier molecular flexibility index (Phi) is 7.67. The first-order valence-corrected chi connectivity index (χ1v) is 9.42. The Bertz CT molecular complexity index is 852. The highest BCUT2D eigenvalue weighted by Gasteiger charge is 2.30. The molecule has 28 heavy (non-hydrogen) atoms. The molecule has 2 unspecified atom stereocenters. The van der Waals surface area contributed by atoms with Crippen LogP contribution in [0.3, 0.4) is 0 Å². The maximum atomic E-state index is 13.8. The highest BCUT2D eigenvalue weighted by molar-refractivity contribution is 7.10. The van der Waals surface area contributed by atoms with Crippen molar-refractivity contribution in [1.29, 1.82) is 0 Å². The minimum absolute atomic E-state index is 0.0914. The monoisotopic (exact) mass is 452 g/mol. The van der Waals surface area contributed by atoms with Gasteiger partial charge in [-0.15, -0.1) is 11.3 Å². The summed E-state index contributed by atoms with van der Waals surface area (Å²) in [5.74, 6) is -2.50. The van der Waals surface area contributed by atoms with Crippen LogP contribution in [0, 0.1) is 5.95 Å². The number of thiophene rings is 1. The van der Waals surface area contributed by atoms with Crippen LogP contribution >= 0.6 is 34.5 Å². The molecule has 152 valence electrons. The fourth-order valence-electron chi connectivity index (χ4n) is 1.90. The molecule has 0 bridgehead atoms. The SMILES string of the molecule is CCOC(=O)OC(C)OC(=O)C(Oc1nc(F)c(Cl)c(N)c1Cl)c1cccs1. The molecular weight excluding hydrogens is 438 g/mol. The molecule has 2 aromatic heterocycles. The first kappa shape index (κ1) is 22.0. The number of nitrogen functional groups attached to an aromatic ring is 1. The van der Waals surface area contributed by atoms with E-state index in [0.29, 0.717) is 4.88 Å². The van der Waals surface area contributed by atoms with E-state index in [2.05, 4.69) is 9.72 Å². The van der Waals surface area contributed by atoms with Crippen LogP contribution in [0.2, 0.25) is 10.0 Å². The summed E-state index contributed by atoms with van der Waals surface area (Å²) >= 11 is 12.8. The van der Waals surface area contributed by atoms with Gasteiger partial charge in [-0.05, 0) is 18.4 Å². The predicted molar refractivity (Wildman–Crippen MR) is 100.0 cm³/mol. The number of rotatable bonds is 7. The summed E-state index contributed by atoms with van der Waals surface area (Å²) in [6.45, 7) is 2.99. The number of anilines is 1. The number of carbonyl (C=O) groups excluding carboxylic acids is 2. The van der Waals surface area contributed by atoms with Crippen molar-refractivity contribution in [2.75, 3.05) is 12.3 Å². The lowest BCUT2D eigenvalue weighted by atomic mass is 10.3. The lowest BCUT2D eigenvalue weighted by Gasteiger charge is -2.20. The minimum atomic E-state index is -1.38. The average Bonchev–Trinajstić information content (AvgIpc) is 3.15. The molecule has 0 saturated carbocycles. The zero-order chi connectivity index (χ0) is 20.8. The zero-order valence-corrected chi connectivity index (χ0v) is 16.9. The number of halogens is 3. The third-order valence-corrected chi connectivity index (χ3v) is 4.73. The fourth-order valence-corrected chi connectivity index (χ4v) is 3.01. The molecular formula is C16H15Cl2FN2O6S. The lowest BCUT2D eigenvalue weighted by Crippen LogP contribution is -2.28. The molecule has 0 saturated heterocycles. The van der Waals surface area contributed by atoms with Crippen LogP contribution < -0.4 is 10.5 Å². The van der Waals surface area contributed by atoms with Crippen LogP contribution in [-0.2, 0) is 19.0 Å². The van der Waals surface area contributed by atoms with E-state index in [0.717, 1.165) is 11.3 Å². The average molecular weight is 453 g/mol. The van der Waals surface area contributed by atoms with Gasteiger partial charge in [-0.3, -0.25) is 0 Å². The van der Waals surface area contributed by atoms with Gasteiger partial charge < -0.3 is 24.7 Å². The van der Waals surface area contributed by atoms with Crippen LogP contribution in [0.4, 0.5) is 14.9 Å². The molecule has 2 atom stereocenters. The maximum Gasteiger partial charge on any atom is 0.511 e. The standard InChI is InChI=1S/C16H15Cl2FN2O6S/c1-3-24-16(23)26-7(2)25-15(22)12(8-5-4-6-28-8)27-14-10(18)11(20)9(17)13(19)21-14/h4-7,12H,3H2,1-2H3,(H2,20,21). The summed E-state index contributed by atoms with van der Waals surface area (Å²) in [6.07, 6.45) is -3.65. The van der Waals surface area contributed by atoms with E-state index >= 15 is 0 Å². The van der Waals surface area contributed by atoms with Crippen molar-refractivity contribution >= 4 is 52.4 Å². The van der Waals surface area contributed by atoms with Gasteiger partial charge in [0, 0.05) is 6.92 Å². The van der Waals surface area contributed by atoms with Crippen molar-refractivity contribution in [2.45, 2.75) is 26.2 Å². The number of esters is 1. The van der Waals surface area contributed by atoms with Gasteiger partial charge in [0.25, 0.3) is 0 Å². The topological polar surface area (TPSA) is 110 Å². The van der Waals surface area contributed by atoms with E-state index in [1.54, 1.807) is 24.4 Å². The highest BCUT2D eigenvalue weighted by atomic mass is 35.5. The van der Waals surface area contributed by atoms with Crippen LogP contribution in [0.25, 0.3) is 0 Å². The summed E-state index contributed by atoms with van der Waals surface area (Å²) in [6, 6.07) is 3.24. The zero-order valence-electron chi connectivity index (χ0n) is 14.6. The van der Waals surface area contributed by atoms with Gasteiger partial charge in [0.2, 0.25) is 24.2 Å². The highest BCUT2D eigenvalue weighted by Crippen LogP contribution is 2.38. The normalized spacial score (nSPS) is 12.8. The van der Waals surface area contributed by atoms with E-state index in [9.17, 15) is 14.0 Å². The molecule has 0 radical (unpaired) electrons. The molecule has 0 spiro atoms. The number of hydrogen-bond acceptors (Lipinski definition) is 9. The Labute approximate surface area is 173 Å². The number of nitrogens with zero attached hydrogens (tertiary/aromatic N) is 1. The van der Waals surface area contributed by atoms with Crippen molar-refractivity contribution in [3.8, 4) is 5.88 Å². The molecule has 12 heteroatoms. The summed E-state index contributed by atoms with van der Waals surface area (Å²) < 4.78 is 33.7. The number of nitrogens with two attached hydrogens (primary N) is 1. The smallest absolute Gasteiger partial charge is 0.455 e. The van der Waals surface area contributed by atoms with Gasteiger partial charge in [-0.1, -0.05) is 29.3 Å². The van der Waals surface area contributed by atoms with Gasteiger partial charge in [0.1, 0.15) is 10.0 Å². The van der Waals surface area contributed by atoms with Crippen LogP contribution in [0.15, 0.2) is 17.5 Å². The van der Waals surface area contributed by atoms with E-state index in [-0.39, 0.29) is 17.3 Å². The van der Waals surface area contributed by atoms with Crippen molar-refractivity contribution in [1.82, 2.24) is 4.98 Å². The van der Waals surface area contributed by atoms with Gasteiger partial charge in [-0.2, -0.15) is 9.37 Å². The number of pyridine rings is 1. The summed E-state index contributed by atoms with van der Waals surface area (Å²) in [5, 5.41) is 0.948. The molecule has 0 aromatic carbocycles. The Morgan fingerprint density at radius 1 is 1.32 bits per heavy atom. The first-order chi connectivity index (χ1) is 13.2. The van der Waals surface area contributed by atoms with Gasteiger partial charge in [0.15, 0.2) is 0 Å². The second kappa shape index (κ2) is 9.76. The van der Waals surface area contributed by atoms with Gasteiger partial charge in [-0.25, -0.2) is 9.59 Å². The molecule has 0 amide bonds. The first-order valence-electron chi connectivity index (χ1n) is 7.78. The fraction of sp³-hybridized carbons (Fsp3) is 0.312. The minimum Gasteiger partial charge on any atom is -0.455 e. The second-order valence-electron chi connectivity index (χ2n) is 5.07. The Balaban J connectivity index is 2.22. The van der Waals surface area contributed by atoms with Crippen molar-refractivity contribution in [3.63, 3.8) is 0 Å². The summed E-state index contributed by atoms with van der Waals surface area (Å²) in [4.78, 5) is 27.7. The molecule has 2 N–H and O–H groups in total. The van der Waals surface area contributed by atoms with Crippen LogP contribution in [-0.4, -0.2) is 30.0 Å². The van der Waals surface area contributed by atoms with Gasteiger partial charge >= 0.3 is 12.1 Å². The molecule has 2 rings (SSSR count). The number of carbonyl (C=O) groups is 2. The van der Waals surface area contributed by atoms with Crippen molar-refractivity contribution in [2.24, 2.45) is 0 Å². The van der Waals surface area contributed by atoms with E-state index in [1.165, 1.54) is 6.92 Å². The number of aromatic nitrogens is 1. The number of ether oxygens (including phenoxy) is 4. The molecule has 0 aliphatic rings. The lowest BCUT2D eigenvalue weighted by molar-refractivity contribution is -0.176. The largest absolute Gasteiger partial charge is 0.511 e. The third kappa shape index (κ3) is 5.37. The third-order valence-electron chi connectivity index (χ3n) is 3.09. The Hall–Kier alpha value is -2.30. The van der Waals surface area contributed by atoms with Crippen LogP contribution in [0.1, 0.15) is 24.8 Å². The van der Waals surface area contributed by atoms with Crippen molar-refractivity contribution in [3.05, 3.63) is 38.4 Å². The molecule has 8 nitrogen and oxygen atoms in total. The van der Waals surface area contributed by atoms with Crippen molar-refractivity contribution < 1.29 is 32.9 Å². The van der Waals surface area contributed by atoms with E-state index in [1.807, 2.05) is 0 Å². The maximum absolute atomic E-state index is 13.8. The molecule has 0 aliphatic carbocycles. The predicted octanol–water partition coefficient (Wildman–Crippen LogP) is 4.35. The second-order valence-corrected chi connectivity index (χ2v) is 6.80. The molecule has 0 aliphatic heterocycles. The van der Waals surface area contributed by atoms with E-state index in [4.69, 9.17) is 43.1 Å².